The van der Waals surface area contributed by atoms with Crippen molar-refractivity contribution in [3.63, 3.8) is 0 Å². The molecule has 3 aromatic heterocycles. The van der Waals surface area contributed by atoms with E-state index in [-0.39, 0.29) is 6.09 Å². The molecular weight excluding hydrogens is 500 g/mol. The second-order valence-corrected chi connectivity index (χ2v) is 11.7. The van der Waals surface area contributed by atoms with Crippen LogP contribution < -0.4 is 4.90 Å². The number of carbonyl (C=O) groups is 1. The number of carbonyl (C=O) groups excluding carboxylic acids is 1. The van der Waals surface area contributed by atoms with Gasteiger partial charge in [-0.15, -0.1) is 11.3 Å². The van der Waals surface area contributed by atoms with Gasteiger partial charge in [-0.25, -0.2) is 14.8 Å². The summed E-state index contributed by atoms with van der Waals surface area (Å²) in [5.74, 6) is 2.51. The zero-order chi connectivity index (χ0) is 26.4. The van der Waals surface area contributed by atoms with E-state index in [9.17, 15) is 4.79 Å². The summed E-state index contributed by atoms with van der Waals surface area (Å²) < 4.78 is 14.3. The number of rotatable bonds is 4. The van der Waals surface area contributed by atoms with Gasteiger partial charge in [-0.2, -0.15) is 4.98 Å². The normalized spacial score (nSPS) is 16.3. The van der Waals surface area contributed by atoms with Crippen LogP contribution in [0.3, 0.4) is 0 Å². The molecule has 0 saturated carbocycles. The van der Waals surface area contributed by atoms with Crippen molar-refractivity contribution < 1.29 is 14.3 Å². The molecule has 1 aromatic carbocycles. The summed E-state index contributed by atoms with van der Waals surface area (Å²) in [5.41, 5.74) is 3.56. The number of hydrogen-bond acceptors (Lipinski definition) is 8. The van der Waals surface area contributed by atoms with E-state index in [4.69, 9.17) is 24.4 Å². The Morgan fingerprint density at radius 2 is 1.87 bits per heavy atom. The molecule has 0 N–H and O–H groups in total. The predicted molar refractivity (Wildman–Crippen MR) is 150 cm³/mol. The standard InChI is InChI=1S/C28H32N6O3S/c1-5-23-29-20-8-6-7-9-22(20)34(23)26-30-21-15-19(14-18-16-33(17-18)27(35)37-28(2,3)4)38-24(21)25(31-26)32-10-12-36-13-11-32/h6-9,14-15H,5,10-13,16-17H2,1-4H3. The van der Waals surface area contributed by atoms with Crippen molar-refractivity contribution in [1.82, 2.24) is 24.4 Å². The Kier molecular flexibility index (Phi) is 6.31. The molecule has 2 aliphatic heterocycles. The number of aromatic nitrogens is 4. The van der Waals surface area contributed by atoms with Crippen LogP contribution in [-0.2, 0) is 15.9 Å². The van der Waals surface area contributed by atoms with Gasteiger partial charge in [-0.1, -0.05) is 19.1 Å². The number of imidazole rings is 1. The average molecular weight is 533 g/mol. The van der Waals surface area contributed by atoms with Gasteiger partial charge in [0.1, 0.15) is 11.4 Å². The summed E-state index contributed by atoms with van der Waals surface area (Å²) >= 11 is 1.69. The first-order valence-electron chi connectivity index (χ1n) is 13.1. The molecule has 0 radical (unpaired) electrons. The second-order valence-electron chi connectivity index (χ2n) is 10.7. The van der Waals surface area contributed by atoms with Crippen molar-refractivity contribution in [3.05, 3.63) is 46.6 Å². The van der Waals surface area contributed by atoms with E-state index in [2.05, 4.69) is 34.6 Å². The number of amides is 1. The number of anilines is 1. The van der Waals surface area contributed by atoms with E-state index in [1.807, 2.05) is 39.0 Å². The summed E-state index contributed by atoms with van der Waals surface area (Å²) in [7, 11) is 0. The lowest BCUT2D eigenvalue weighted by Gasteiger charge is -2.35. The number of nitrogens with zero attached hydrogens (tertiary/aromatic N) is 6. The van der Waals surface area contributed by atoms with Crippen LogP contribution in [-0.4, -0.2) is 75.5 Å². The van der Waals surface area contributed by atoms with E-state index >= 15 is 0 Å². The number of para-hydroxylation sites is 2. The maximum atomic E-state index is 12.3. The first-order valence-corrected chi connectivity index (χ1v) is 13.9. The van der Waals surface area contributed by atoms with Crippen LogP contribution in [0.5, 0.6) is 0 Å². The Labute approximate surface area is 225 Å². The Morgan fingerprint density at radius 3 is 2.61 bits per heavy atom. The lowest BCUT2D eigenvalue weighted by molar-refractivity contribution is 0.0216. The zero-order valence-electron chi connectivity index (χ0n) is 22.2. The number of hydrogen-bond donors (Lipinski definition) is 0. The van der Waals surface area contributed by atoms with Gasteiger partial charge in [-0.3, -0.25) is 4.57 Å². The molecule has 0 aliphatic carbocycles. The molecule has 5 heterocycles. The molecule has 9 nitrogen and oxygen atoms in total. The minimum atomic E-state index is -0.494. The highest BCUT2D eigenvalue weighted by molar-refractivity contribution is 7.20. The van der Waals surface area contributed by atoms with E-state index in [0.29, 0.717) is 32.3 Å². The van der Waals surface area contributed by atoms with Gasteiger partial charge in [0.15, 0.2) is 5.82 Å². The monoisotopic (exact) mass is 532 g/mol. The molecule has 38 heavy (non-hydrogen) atoms. The highest BCUT2D eigenvalue weighted by Crippen LogP contribution is 2.36. The summed E-state index contributed by atoms with van der Waals surface area (Å²) in [5, 5.41) is 0. The number of fused-ring (bicyclic) bond motifs is 2. The first kappa shape index (κ1) is 24.8. The van der Waals surface area contributed by atoms with Gasteiger partial charge in [0.2, 0.25) is 5.95 Å². The van der Waals surface area contributed by atoms with Crippen LogP contribution in [0.2, 0.25) is 0 Å². The molecule has 198 valence electrons. The quantitative estimate of drug-likeness (QED) is 0.363. The van der Waals surface area contributed by atoms with E-state index < -0.39 is 5.60 Å². The van der Waals surface area contributed by atoms with Crippen molar-refractivity contribution in [2.75, 3.05) is 44.3 Å². The lowest BCUT2D eigenvalue weighted by Crippen LogP contribution is -2.46. The third-order valence-electron chi connectivity index (χ3n) is 6.60. The SMILES string of the molecule is CCc1nc2ccccc2n1-c1nc(N2CCOCC2)c2sc(C=C3CN(C(=O)OC(C)(C)C)C3)cc2n1. The van der Waals surface area contributed by atoms with Crippen LogP contribution in [0.1, 0.15) is 38.4 Å². The largest absolute Gasteiger partial charge is 0.444 e. The highest BCUT2D eigenvalue weighted by Gasteiger charge is 2.30. The van der Waals surface area contributed by atoms with E-state index in [1.54, 1.807) is 16.2 Å². The summed E-state index contributed by atoms with van der Waals surface area (Å²) in [4.78, 5) is 32.4. The maximum absolute atomic E-state index is 12.3. The number of thiophene rings is 1. The van der Waals surface area contributed by atoms with Gasteiger partial charge in [0.05, 0.1) is 34.5 Å². The number of ether oxygens (including phenoxy) is 2. The third kappa shape index (κ3) is 4.74. The van der Waals surface area contributed by atoms with Crippen LogP contribution in [0, 0.1) is 0 Å². The van der Waals surface area contributed by atoms with Crippen LogP contribution >= 0.6 is 11.3 Å². The van der Waals surface area contributed by atoms with Crippen LogP contribution in [0.15, 0.2) is 35.9 Å². The fourth-order valence-corrected chi connectivity index (χ4v) is 5.92. The molecule has 4 aromatic rings. The lowest BCUT2D eigenvalue weighted by atomic mass is 10.1. The smallest absolute Gasteiger partial charge is 0.410 e. The van der Waals surface area contributed by atoms with Crippen LogP contribution in [0.4, 0.5) is 10.6 Å². The van der Waals surface area contributed by atoms with Crippen molar-refractivity contribution >= 4 is 50.6 Å². The van der Waals surface area contributed by atoms with Gasteiger partial charge < -0.3 is 19.3 Å². The van der Waals surface area contributed by atoms with Gasteiger partial charge in [0, 0.05) is 37.5 Å². The Bertz CT molecular complexity index is 1540. The Morgan fingerprint density at radius 1 is 1.11 bits per heavy atom. The molecule has 2 fully saturated rings. The van der Waals surface area contributed by atoms with Crippen molar-refractivity contribution in [3.8, 4) is 5.95 Å². The zero-order valence-corrected chi connectivity index (χ0v) is 23.0. The molecule has 2 saturated heterocycles. The summed E-state index contributed by atoms with van der Waals surface area (Å²) in [6.45, 7) is 11.9. The Hall–Kier alpha value is -3.50. The molecule has 0 unspecified atom stereocenters. The molecule has 6 rings (SSSR count). The minimum absolute atomic E-state index is 0.268. The minimum Gasteiger partial charge on any atom is -0.444 e. The second kappa shape index (κ2) is 9.67. The molecule has 2 aliphatic rings. The van der Waals surface area contributed by atoms with E-state index in [1.165, 1.54) is 5.57 Å². The molecule has 0 bridgehead atoms. The number of morpholine rings is 1. The molecule has 0 spiro atoms. The first-order chi connectivity index (χ1) is 18.3. The van der Waals surface area contributed by atoms with Crippen molar-refractivity contribution in [2.45, 2.75) is 39.7 Å². The fourth-order valence-electron chi connectivity index (χ4n) is 4.81. The predicted octanol–water partition coefficient (Wildman–Crippen LogP) is 5.06. The molecular formula is C28H32N6O3S. The van der Waals surface area contributed by atoms with E-state index in [0.717, 1.165) is 57.3 Å². The van der Waals surface area contributed by atoms with Gasteiger partial charge >= 0.3 is 6.09 Å². The van der Waals surface area contributed by atoms with Crippen molar-refractivity contribution in [2.24, 2.45) is 0 Å². The number of likely N-dealkylation sites (tertiary alicyclic amines) is 1. The molecule has 0 atom stereocenters. The number of benzene rings is 1. The van der Waals surface area contributed by atoms with Gasteiger partial charge in [-0.05, 0) is 50.6 Å². The average Bonchev–Trinajstić information content (AvgIpc) is 3.45. The third-order valence-corrected chi connectivity index (χ3v) is 7.67. The Balaban J connectivity index is 1.38. The molecule has 10 heteroatoms. The maximum Gasteiger partial charge on any atom is 0.410 e. The number of aryl methyl sites for hydroxylation is 1. The topological polar surface area (TPSA) is 85.6 Å². The summed E-state index contributed by atoms with van der Waals surface area (Å²) in [6, 6.07) is 10.3. The highest BCUT2D eigenvalue weighted by atomic mass is 32.1. The van der Waals surface area contributed by atoms with Crippen LogP contribution in [0.25, 0.3) is 33.3 Å². The van der Waals surface area contributed by atoms with Gasteiger partial charge in [0.25, 0.3) is 0 Å². The van der Waals surface area contributed by atoms with Crippen molar-refractivity contribution in [1.29, 1.82) is 0 Å². The fraction of sp³-hybridized carbons (Fsp3) is 0.429. The summed E-state index contributed by atoms with van der Waals surface area (Å²) in [6.07, 6.45) is 2.67. The molecule has 1 amide bonds.